The summed E-state index contributed by atoms with van der Waals surface area (Å²) in [6.45, 7) is 8.22. The van der Waals surface area contributed by atoms with Gasteiger partial charge in [0, 0.05) is 23.0 Å². The average molecular weight is 240 g/mol. The number of allylic oxidation sites excluding steroid dienone is 4. The summed E-state index contributed by atoms with van der Waals surface area (Å²) in [5.41, 5.74) is 10.3. The first-order chi connectivity index (χ1) is 8.61. The smallest absolute Gasteiger partial charge is 0.0645 e. The number of benzene rings is 1. The predicted molar refractivity (Wildman–Crippen MR) is 77.9 cm³/mol. The fraction of sp³-hybridized carbons (Fsp3) is 0.250. The lowest BCUT2D eigenvalue weighted by atomic mass is 9.96. The van der Waals surface area contributed by atoms with Crippen LogP contribution in [0.15, 0.2) is 66.2 Å². The van der Waals surface area contributed by atoms with E-state index in [0.717, 1.165) is 29.2 Å². The highest BCUT2D eigenvalue weighted by atomic mass is 15.2. The highest BCUT2D eigenvalue weighted by Crippen LogP contribution is 2.30. The van der Waals surface area contributed by atoms with Crippen LogP contribution in [-0.2, 0) is 0 Å². The summed E-state index contributed by atoms with van der Waals surface area (Å²) in [4.78, 5) is 2.11. The zero-order valence-electron chi connectivity index (χ0n) is 11.1. The number of hydrogen-bond donors (Lipinski definition) is 1. The molecule has 2 heteroatoms. The first-order valence-electron chi connectivity index (χ1n) is 6.28. The van der Waals surface area contributed by atoms with E-state index < -0.39 is 0 Å². The molecule has 0 fully saturated rings. The number of rotatable bonds is 3. The van der Waals surface area contributed by atoms with Crippen molar-refractivity contribution in [3.8, 4) is 0 Å². The lowest BCUT2D eigenvalue weighted by Gasteiger charge is -2.30. The maximum atomic E-state index is 6.24. The Morgan fingerprint density at radius 3 is 2.61 bits per heavy atom. The van der Waals surface area contributed by atoms with Crippen molar-refractivity contribution < 1.29 is 0 Å². The molecule has 1 aromatic carbocycles. The second-order valence-corrected chi connectivity index (χ2v) is 4.79. The molecule has 0 spiro atoms. The second-order valence-electron chi connectivity index (χ2n) is 4.79. The molecule has 1 aliphatic rings. The van der Waals surface area contributed by atoms with Gasteiger partial charge in [-0.3, -0.25) is 0 Å². The van der Waals surface area contributed by atoms with Crippen molar-refractivity contribution in [2.75, 3.05) is 4.90 Å². The van der Waals surface area contributed by atoms with Crippen molar-refractivity contribution in [1.82, 2.24) is 0 Å². The molecule has 0 amide bonds. The number of hydrogen-bond acceptors (Lipinski definition) is 2. The van der Waals surface area contributed by atoms with Gasteiger partial charge in [0.1, 0.15) is 0 Å². The van der Waals surface area contributed by atoms with E-state index in [4.69, 9.17) is 5.73 Å². The van der Waals surface area contributed by atoms with Gasteiger partial charge in [0.25, 0.3) is 0 Å². The number of nitrogens with two attached hydrogens (primary N) is 1. The minimum Gasteiger partial charge on any atom is -0.400 e. The van der Waals surface area contributed by atoms with Gasteiger partial charge in [-0.2, -0.15) is 0 Å². The normalized spacial score (nSPS) is 18.9. The molecular formula is C16H20N2. The Morgan fingerprint density at radius 2 is 2.00 bits per heavy atom. The second kappa shape index (κ2) is 5.13. The summed E-state index contributed by atoms with van der Waals surface area (Å²) in [5.74, 6) is 0.385. The highest BCUT2D eigenvalue weighted by Gasteiger charge is 2.19. The average Bonchev–Trinajstić information content (AvgIpc) is 2.36. The largest absolute Gasteiger partial charge is 0.400 e. The molecule has 0 aliphatic heterocycles. The predicted octanol–water partition coefficient (Wildman–Crippen LogP) is 3.79. The summed E-state index contributed by atoms with van der Waals surface area (Å²) in [6.07, 6.45) is 5.28. The maximum Gasteiger partial charge on any atom is 0.0645 e. The third-order valence-electron chi connectivity index (χ3n) is 3.23. The topological polar surface area (TPSA) is 29.3 Å². The third-order valence-corrected chi connectivity index (χ3v) is 3.23. The molecule has 18 heavy (non-hydrogen) atoms. The molecule has 1 atom stereocenters. The molecule has 1 unspecified atom stereocenters. The van der Waals surface area contributed by atoms with Gasteiger partial charge in [-0.25, -0.2) is 0 Å². The van der Waals surface area contributed by atoms with E-state index in [9.17, 15) is 0 Å². The van der Waals surface area contributed by atoms with Crippen LogP contribution in [0, 0.1) is 5.92 Å². The van der Waals surface area contributed by atoms with Crippen LogP contribution in [0.3, 0.4) is 0 Å². The quantitative estimate of drug-likeness (QED) is 0.871. The van der Waals surface area contributed by atoms with Crippen molar-refractivity contribution in [3.63, 3.8) is 0 Å². The molecular weight excluding hydrogens is 220 g/mol. The standard InChI is InChI=1S/C16H20N2/c1-12(2)18(14-9-5-4-6-10-14)15-11-7-8-13(3)16(15)17/h4-7,9-11,13H,1,8,17H2,2-3H3. The number of nitrogens with zero attached hydrogens (tertiary/aromatic N) is 1. The van der Waals surface area contributed by atoms with Gasteiger partial charge in [0.15, 0.2) is 0 Å². The van der Waals surface area contributed by atoms with Gasteiger partial charge < -0.3 is 10.6 Å². The van der Waals surface area contributed by atoms with Crippen molar-refractivity contribution in [2.45, 2.75) is 20.3 Å². The SMILES string of the molecule is C=C(C)N(C1=C(N)C(C)CC=C1)c1ccccc1. The molecule has 0 radical (unpaired) electrons. The number of para-hydroxylation sites is 1. The van der Waals surface area contributed by atoms with Crippen molar-refractivity contribution >= 4 is 5.69 Å². The zero-order valence-corrected chi connectivity index (χ0v) is 11.1. The monoisotopic (exact) mass is 240 g/mol. The van der Waals surface area contributed by atoms with Gasteiger partial charge in [-0.05, 0) is 31.6 Å². The Labute approximate surface area is 109 Å². The van der Waals surface area contributed by atoms with Crippen LogP contribution in [0.5, 0.6) is 0 Å². The fourth-order valence-corrected chi connectivity index (χ4v) is 2.21. The van der Waals surface area contributed by atoms with Crippen LogP contribution >= 0.6 is 0 Å². The van der Waals surface area contributed by atoms with E-state index in [1.54, 1.807) is 0 Å². The molecule has 2 N–H and O–H groups in total. The van der Waals surface area contributed by atoms with Crippen molar-refractivity contribution in [2.24, 2.45) is 11.7 Å². The Balaban J connectivity index is 2.47. The van der Waals surface area contributed by atoms with Gasteiger partial charge in [-0.15, -0.1) is 0 Å². The van der Waals surface area contributed by atoms with Gasteiger partial charge in [-0.1, -0.05) is 37.8 Å². The molecule has 0 saturated carbocycles. The zero-order chi connectivity index (χ0) is 13.1. The van der Waals surface area contributed by atoms with E-state index in [1.165, 1.54) is 0 Å². The van der Waals surface area contributed by atoms with Crippen LogP contribution in [0.4, 0.5) is 5.69 Å². The van der Waals surface area contributed by atoms with Crippen LogP contribution in [0.1, 0.15) is 20.3 Å². The van der Waals surface area contributed by atoms with E-state index in [1.807, 2.05) is 25.1 Å². The maximum absolute atomic E-state index is 6.24. The molecule has 94 valence electrons. The van der Waals surface area contributed by atoms with Crippen LogP contribution < -0.4 is 10.6 Å². The summed E-state index contributed by atoms with van der Waals surface area (Å²) < 4.78 is 0. The highest BCUT2D eigenvalue weighted by molar-refractivity contribution is 5.61. The molecule has 0 saturated heterocycles. The molecule has 1 aliphatic carbocycles. The minimum atomic E-state index is 0.385. The fourth-order valence-electron chi connectivity index (χ4n) is 2.21. The lowest BCUT2D eigenvalue weighted by molar-refractivity contribution is 0.663. The molecule has 0 aromatic heterocycles. The van der Waals surface area contributed by atoms with E-state index >= 15 is 0 Å². The van der Waals surface area contributed by atoms with Crippen molar-refractivity contribution in [3.05, 3.63) is 66.2 Å². The van der Waals surface area contributed by atoms with E-state index in [0.29, 0.717) is 5.92 Å². The van der Waals surface area contributed by atoms with Crippen LogP contribution in [-0.4, -0.2) is 0 Å². The van der Waals surface area contributed by atoms with E-state index in [2.05, 4.69) is 42.7 Å². The Hall–Kier alpha value is -1.96. The van der Waals surface area contributed by atoms with Gasteiger partial charge >= 0.3 is 0 Å². The van der Waals surface area contributed by atoms with Crippen molar-refractivity contribution in [1.29, 1.82) is 0 Å². The van der Waals surface area contributed by atoms with E-state index in [-0.39, 0.29) is 0 Å². The molecule has 1 aromatic rings. The third kappa shape index (κ3) is 2.33. The Bertz CT molecular complexity index is 497. The van der Waals surface area contributed by atoms with Gasteiger partial charge in [0.2, 0.25) is 0 Å². The van der Waals surface area contributed by atoms with Crippen LogP contribution in [0.25, 0.3) is 0 Å². The number of anilines is 1. The molecule has 2 rings (SSSR count). The molecule has 0 heterocycles. The molecule has 2 nitrogen and oxygen atoms in total. The minimum absolute atomic E-state index is 0.385. The Morgan fingerprint density at radius 1 is 1.33 bits per heavy atom. The molecule has 0 bridgehead atoms. The first kappa shape index (κ1) is 12.5. The van der Waals surface area contributed by atoms with Crippen LogP contribution in [0.2, 0.25) is 0 Å². The summed E-state index contributed by atoms with van der Waals surface area (Å²) in [7, 11) is 0. The lowest BCUT2D eigenvalue weighted by Crippen LogP contribution is -2.26. The Kier molecular flexibility index (Phi) is 3.56. The van der Waals surface area contributed by atoms with Gasteiger partial charge in [0.05, 0.1) is 5.70 Å². The summed E-state index contributed by atoms with van der Waals surface area (Å²) >= 11 is 0. The first-order valence-corrected chi connectivity index (χ1v) is 6.28. The summed E-state index contributed by atoms with van der Waals surface area (Å²) in [5, 5.41) is 0. The summed E-state index contributed by atoms with van der Waals surface area (Å²) in [6, 6.07) is 10.2.